The van der Waals surface area contributed by atoms with Gasteiger partial charge in [0.05, 0.1) is 25.0 Å². The Balaban J connectivity index is 2.99. The number of rotatable bonds is 5. The number of hydrogen-bond donors (Lipinski definition) is 2. The van der Waals surface area contributed by atoms with Crippen molar-refractivity contribution in [3.63, 3.8) is 0 Å². The maximum atomic E-state index is 10.4. The third-order valence-electron chi connectivity index (χ3n) is 1.93. The number of nitrogens with two attached hydrogens (primary N) is 1. The van der Waals surface area contributed by atoms with E-state index in [1.165, 1.54) is 13.3 Å². The lowest BCUT2D eigenvalue weighted by Gasteiger charge is -2.11. The van der Waals surface area contributed by atoms with E-state index < -0.39 is 6.03 Å². The smallest absolute Gasteiger partial charge is 0.332 e. The Bertz CT molecular complexity index is 463. The molecular formula is C11H14ClN3O3. The maximum absolute atomic E-state index is 10.4. The fourth-order valence-electron chi connectivity index (χ4n) is 1.27. The first-order chi connectivity index (χ1) is 8.58. The molecule has 0 saturated heterocycles. The SMILES string of the molecule is CCOc1c(Cl)cc(C=NNC(N)=O)cc1OC. The first kappa shape index (κ1) is 14.1. The Hall–Kier alpha value is -1.95. The lowest BCUT2D eigenvalue weighted by Crippen LogP contribution is -2.24. The van der Waals surface area contributed by atoms with Crippen molar-refractivity contribution < 1.29 is 14.3 Å². The first-order valence-corrected chi connectivity index (χ1v) is 5.55. The molecule has 0 saturated carbocycles. The zero-order valence-corrected chi connectivity index (χ0v) is 10.8. The standard InChI is InChI=1S/C11H14ClN3O3/c1-3-18-10-8(12)4-7(5-9(10)17-2)6-14-15-11(13)16/h4-6H,3H2,1-2H3,(H3,13,15,16). The second-order valence-electron chi connectivity index (χ2n) is 3.20. The average molecular weight is 272 g/mol. The number of nitrogens with zero attached hydrogens (tertiary/aromatic N) is 1. The van der Waals surface area contributed by atoms with E-state index in [0.29, 0.717) is 28.7 Å². The number of carbonyl (C=O) groups is 1. The van der Waals surface area contributed by atoms with Gasteiger partial charge in [-0.3, -0.25) is 0 Å². The third kappa shape index (κ3) is 3.81. The summed E-state index contributed by atoms with van der Waals surface area (Å²) >= 11 is 6.05. The van der Waals surface area contributed by atoms with Crippen LogP contribution in [0.15, 0.2) is 17.2 Å². The molecule has 0 spiro atoms. The summed E-state index contributed by atoms with van der Waals surface area (Å²) < 4.78 is 10.5. The molecule has 98 valence electrons. The molecule has 0 unspecified atom stereocenters. The van der Waals surface area contributed by atoms with Crippen LogP contribution in [0, 0.1) is 0 Å². The summed E-state index contributed by atoms with van der Waals surface area (Å²) in [5.41, 5.74) is 7.60. The van der Waals surface area contributed by atoms with Gasteiger partial charge in [0, 0.05) is 0 Å². The van der Waals surface area contributed by atoms with Crippen molar-refractivity contribution in [3.8, 4) is 11.5 Å². The molecule has 0 fully saturated rings. The number of hydrogen-bond acceptors (Lipinski definition) is 4. The van der Waals surface area contributed by atoms with Gasteiger partial charge in [-0.2, -0.15) is 5.10 Å². The van der Waals surface area contributed by atoms with Gasteiger partial charge in [0.15, 0.2) is 11.5 Å². The second kappa shape index (κ2) is 6.70. The zero-order chi connectivity index (χ0) is 13.5. The second-order valence-corrected chi connectivity index (χ2v) is 3.61. The quantitative estimate of drug-likeness (QED) is 0.632. The molecular weight excluding hydrogens is 258 g/mol. The number of hydrazone groups is 1. The van der Waals surface area contributed by atoms with Gasteiger partial charge in [0.25, 0.3) is 0 Å². The number of urea groups is 1. The van der Waals surface area contributed by atoms with Crippen LogP contribution in [0.5, 0.6) is 11.5 Å². The summed E-state index contributed by atoms with van der Waals surface area (Å²) in [4.78, 5) is 10.4. The van der Waals surface area contributed by atoms with Crippen LogP contribution in [-0.4, -0.2) is 26.0 Å². The normalized spacial score (nSPS) is 10.4. The van der Waals surface area contributed by atoms with Gasteiger partial charge in [-0.15, -0.1) is 0 Å². The minimum atomic E-state index is -0.741. The molecule has 1 aromatic carbocycles. The Morgan fingerprint density at radius 2 is 2.33 bits per heavy atom. The van der Waals surface area contributed by atoms with Gasteiger partial charge in [-0.05, 0) is 24.6 Å². The van der Waals surface area contributed by atoms with E-state index in [4.69, 9.17) is 26.8 Å². The topological polar surface area (TPSA) is 85.9 Å². The highest BCUT2D eigenvalue weighted by Crippen LogP contribution is 2.35. The predicted molar refractivity (Wildman–Crippen MR) is 69.5 cm³/mol. The molecule has 0 bridgehead atoms. The molecule has 0 aliphatic carbocycles. The molecule has 3 N–H and O–H groups in total. The predicted octanol–water partition coefficient (Wildman–Crippen LogP) is 1.75. The van der Waals surface area contributed by atoms with E-state index >= 15 is 0 Å². The van der Waals surface area contributed by atoms with Gasteiger partial charge >= 0.3 is 6.03 Å². The molecule has 0 aliphatic heterocycles. The van der Waals surface area contributed by atoms with Crippen molar-refractivity contribution in [3.05, 3.63) is 22.7 Å². The number of nitrogens with one attached hydrogen (secondary N) is 1. The van der Waals surface area contributed by atoms with Crippen molar-refractivity contribution in [2.45, 2.75) is 6.92 Å². The van der Waals surface area contributed by atoms with Crippen LogP contribution in [0.2, 0.25) is 5.02 Å². The first-order valence-electron chi connectivity index (χ1n) is 5.17. The maximum Gasteiger partial charge on any atom is 0.332 e. The highest BCUT2D eigenvalue weighted by Gasteiger charge is 2.10. The van der Waals surface area contributed by atoms with Crippen LogP contribution in [0.3, 0.4) is 0 Å². The molecule has 2 amide bonds. The van der Waals surface area contributed by atoms with E-state index in [-0.39, 0.29) is 0 Å². The summed E-state index contributed by atoms with van der Waals surface area (Å²) in [6.45, 7) is 2.33. The Morgan fingerprint density at radius 1 is 1.61 bits per heavy atom. The van der Waals surface area contributed by atoms with E-state index in [1.54, 1.807) is 12.1 Å². The van der Waals surface area contributed by atoms with E-state index in [0.717, 1.165) is 0 Å². The lowest BCUT2D eigenvalue weighted by molar-refractivity contribution is 0.249. The highest BCUT2D eigenvalue weighted by molar-refractivity contribution is 6.32. The van der Waals surface area contributed by atoms with Crippen LogP contribution in [0.4, 0.5) is 4.79 Å². The van der Waals surface area contributed by atoms with Gasteiger partial charge in [0.2, 0.25) is 0 Å². The minimum Gasteiger partial charge on any atom is -0.493 e. The zero-order valence-electron chi connectivity index (χ0n) is 10.1. The van der Waals surface area contributed by atoms with Gasteiger partial charge in [-0.25, -0.2) is 10.2 Å². The molecule has 0 aromatic heterocycles. The van der Waals surface area contributed by atoms with Crippen molar-refractivity contribution in [2.75, 3.05) is 13.7 Å². The number of ether oxygens (including phenoxy) is 2. The Labute approximate surface area is 110 Å². The summed E-state index contributed by atoms with van der Waals surface area (Å²) in [6, 6.07) is 2.58. The number of methoxy groups -OCH3 is 1. The summed E-state index contributed by atoms with van der Waals surface area (Å²) in [5, 5.41) is 4.03. The largest absolute Gasteiger partial charge is 0.493 e. The number of benzene rings is 1. The average Bonchev–Trinajstić information content (AvgIpc) is 2.31. The summed E-state index contributed by atoms with van der Waals surface area (Å²) in [6.07, 6.45) is 1.40. The fourth-order valence-corrected chi connectivity index (χ4v) is 1.54. The molecule has 0 atom stereocenters. The van der Waals surface area contributed by atoms with Crippen LogP contribution in [-0.2, 0) is 0 Å². The Kier molecular flexibility index (Phi) is 5.26. The monoisotopic (exact) mass is 271 g/mol. The number of carbonyl (C=O) groups excluding carboxylic acids is 1. The van der Waals surface area contributed by atoms with Crippen LogP contribution < -0.4 is 20.6 Å². The molecule has 1 aromatic rings. The molecule has 18 heavy (non-hydrogen) atoms. The van der Waals surface area contributed by atoms with Crippen LogP contribution in [0.25, 0.3) is 0 Å². The summed E-state index contributed by atoms with van der Waals surface area (Å²) in [7, 11) is 1.51. The van der Waals surface area contributed by atoms with Crippen molar-refractivity contribution >= 4 is 23.8 Å². The van der Waals surface area contributed by atoms with Crippen LogP contribution >= 0.6 is 11.6 Å². The molecule has 0 heterocycles. The third-order valence-corrected chi connectivity index (χ3v) is 2.21. The van der Waals surface area contributed by atoms with Crippen molar-refractivity contribution in [2.24, 2.45) is 10.8 Å². The van der Waals surface area contributed by atoms with Crippen LogP contribution in [0.1, 0.15) is 12.5 Å². The van der Waals surface area contributed by atoms with E-state index in [9.17, 15) is 4.79 Å². The minimum absolute atomic E-state index is 0.400. The molecule has 7 heteroatoms. The molecule has 0 radical (unpaired) electrons. The van der Waals surface area contributed by atoms with Crippen molar-refractivity contribution in [1.82, 2.24) is 5.43 Å². The highest BCUT2D eigenvalue weighted by atomic mass is 35.5. The fraction of sp³-hybridized carbons (Fsp3) is 0.273. The lowest BCUT2D eigenvalue weighted by atomic mass is 10.2. The van der Waals surface area contributed by atoms with E-state index in [2.05, 4.69) is 10.5 Å². The Morgan fingerprint density at radius 3 is 2.89 bits per heavy atom. The van der Waals surface area contributed by atoms with Gasteiger partial charge < -0.3 is 15.2 Å². The molecule has 6 nitrogen and oxygen atoms in total. The summed E-state index contributed by atoms with van der Waals surface area (Å²) in [5.74, 6) is 0.964. The molecule has 1 rings (SSSR count). The molecule has 0 aliphatic rings. The van der Waals surface area contributed by atoms with E-state index in [1.807, 2.05) is 6.92 Å². The van der Waals surface area contributed by atoms with Crippen molar-refractivity contribution in [1.29, 1.82) is 0 Å². The number of halogens is 1. The van der Waals surface area contributed by atoms with Gasteiger partial charge in [-0.1, -0.05) is 11.6 Å². The number of primary amides is 1. The van der Waals surface area contributed by atoms with Gasteiger partial charge in [0.1, 0.15) is 0 Å². The number of amides is 2.